The number of pyridine rings is 1. The quantitative estimate of drug-likeness (QED) is 0.441. The van der Waals surface area contributed by atoms with Crippen LogP contribution < -0.4 is 10.6 Å². The van der Waals surface area contributed by atoms with Gasteiger partial charge in [-0.05, 0) is 74.1 Å². The molecule has 1 aliphatic rings. The molecule has 1 aliphatic carbocycles. The Morgan fingerprint density at radius 2 is 1.75 bits per heavy atom. The van der Waals surface area contributed by atoms with Gasteiger partial charge in [-0.25, -0.2) is 0 Å². The molecule has 32 heavy (non-hydrogen) atoms. The summed E-state index contributed by atoms with van der Waals surface area (Å²) in [7, 11) is 0. The first-order valence-corrected chi connectivity index (χ1v) is 10.9. The minimum absolute atomic E-state index is 0.0236. The lowest BCUT2D eigenvalue weighted by Gasteiger charge is -2.28. The minimum Gasteiger partial charge on any atom is -0.384 e. The molecule has 0 saturated heterocycles. The predicted octanol–water partition coefficient (Wildman–Crippen LogP) is 6.76. The molecule has 0 spiro atoms. The fraction of sp³-hybridized carbons (Fsp3) is 0.333. The molecule has 2 N–H and O–H groups in total. The second kappa shape index (κ2) is 9.36. The van der Waals surface area contributed by atoms with Crippen LogP contribution in [0.15, 0.2) is 54.7 Å². The van der Waals surface area contributed by atoms with Crippen molar-refractivity contribution in [3.05, 3.63) is 65.3 Å². The molecule has 1 heterocycles. The third kappa shape index (κ3) is 5.33. The van der Waals surface area contributed by atoms with Gasteiger partial charge in [0.25, 0.3) is 0 Å². The molecule has 3 aromatic rings. The topological polar surface area (TPSA) is 54.0 Å². The fourth-order valence-corrected chi connectivity index (χ4v) is 4.27. The third-order valence-corrected chi connectivity index (χ3v) is 6.23. The highest BCUT2D eigenvalue weighted by atomic mass is 35.5. The Kier molecular flexibility index (Phi) is 6.55. The highest BCUT2D eigenvalue weighted by Gasteiger charge is 2.31. The molecule has 4 rings (SSSR count). The Morgan fingerprint density at radius 3 is 2.44 bits per heavy atom. The summed E-state index contributed by atoms with van der Waals surface area (Å²) in [4.78, 5) is 16.6. The first-order valence-electron chi connectivity index (χ1n) is 10.6. The van der Waals surface area contributed by atoms with E-state index in [0.29, 0.717) is 28.4 Å². The van der Waals surface area contributed by atoms with Crippen molar-refractivity contribution in [3.63, 3.8) is 0 Å². The molecule has 0 aliphatic heterocycles. The Morgan fingerprint density at radius 1 is 1.03 bits per heavy atom. The third-order valence-electron chi connectivity index (χ3n) is 5.98. The molecule has 8 heteroatoms. The first-order chi connectivity index (χ1) is 15.3. The van der Waals surface area contributed by atoms with Gasteiger partial charge in [0.05, 0.1) is 11.1 Å². The summed E-state index contributed by atoms with van der Waals surface area (Å²) < 4.78 is 38.9. The predicted molar refractivity (Wildman–Crippen MR) is 121 cm³/mol. The maximum Gasteiger partial charge on any atom is 0.416 e. The van der Waals surface area contributed by atoms with Crippen LogP contribution in [0, 0.1) is 11.8 Å². The van der Waals surface area contributed by atoms with Crippen molar-refractivity contribution in [3.8, 4) is 0 Å². The van der Waals surface area contributed by atoms with E-state index < -0.39 is 11.7 Å². The number of hydrogen-bond acceptors (Lipinski definition) is 3. The fourth-order valence-electron chi connectivity index (χ4n) is 4.14. The molecule has 4 nitrogen and oxygen atoms in total. The number of fused-ring (bicyclic) bond motifs is 1. The van der Waals surface area contributed by atoms with E-state index in [-0.39, 0.29) is 11.8 Å². The number of anilines is 2. The van der Waals surface area contributed by atoms with E-state index >= 15 is 0 Å². The van der Waals surface area contributed by atoms with Crippen LogP contribution in [-0.2, 0) is 11.0 Å². The summed E-state index contributed by atoms with van der Waals surface area (Å²) in [6, 6.07) is 12.5. The van der Waals surface area contributed by atoms with E-state index in [2.05, 4.69) is 15.6 Å². The smallest absolute Gasteiger partial charge is 0.384 e. The zero-order valence-corrected chi connectivity index (χ0v) is 18.0. The number of alkyl halides is 3. The van der Waals surface area contributed by atoms with Gasteiger partial charge in [-0.1, -0.05) is 17.7 Å². The van der Waals surface area contributed by atoms with Gasteiger partial charge in [-0.15, -0.1) is 0 Å². The normalized spacial score (nSPS) is 19.0. The Balaban J connectivity index is 1.31. The van der Waals surface area contributed by atoms with Gasteiger partial charge in [0.2, 0.25) is 5.91 Å². The standard InChI is InChI=1S/C24H23ClF3N3O/c25-18-6-8-19(9-7-18)31-23(32)16-3-1-15(2-4-16)14-30-21-11-12-29-22-13-17(24(26,27)28)5-10-20(21)22/h5-13,15-16H,1-4,14H2,(H,29,30)(H,31,32)/t15-,16-. The molecule has 168 valence electrons. The zero-order chi connectivity index (χ0) is 22.7. The van der Waals surface area contributed by atoms with Crippen molar-refractivity contribution in [2.45, 2.75) is 31.9 Å². The monoisotopic (exact) mass is 461 g/mol. The maximum absolute atomic E-state index is 13.0. The minimum atomic E-state index is -4.39. The largest absolute Gasteiger partial charge is 0.416 e. The summed E-state index contributed by atoms with van der Waals surface area (Å²) >= 11 is 5.88. The van der Waals surface area contributed by atoms with Gasteiger partial charge in [0, 0.05) is 40.4 Å². The Hall–Kier alpha value is -2.80. The highest BCUT2D eigenvalue weighted by Crippen LogP contribution is 2.34. The molecule has 1 saturated carbocycles. The van der Waals surface area contributed by atoms with Crippen molar-refractivity contribution in [2.24, 2.45) is 11.8 Å². The van der Waals surface area contributed by atoms with Crippen molar-refractivity contribution >= 4 is 39.8 Å². The Bertz CT molecular complexity index is 1090. The van der Waals surface area contributed by atoms with Crippen LogP contribution in [0.4, 0.5) is 24.5 Å². The van der Waals surface area contributed by atoms with Crippen LogP contribution in [0.5, 0.6) is 0 Å². The van der Waals surface area contributed by atoms with Gasteiger partial charge in [0.1, 0.15) is 0 Å². The van der Waals surface area contributed by atoms with Crippen molar-refractivity contribution in [1.29, 1.82) is 0 Å². The second-order valence-corrected chi connectivity index (χ2v) is 8.62. The lowest BCUT2D eigenvalue weighted by atomic mass is 9.81. The number of carbonyl (C=O) groups is 1. The molecule has 0 radical (unpaired) electrons. The molecule has 0 unspecified atom stereocenters. The molecule has 1 aromatic heterocycles. The maximum atomic E-state index is 13.0. The summed E-state index contributed by atoms with van der Waals surface area (Å²) in [6.07, 6.45) is 0.552. The van der Waals surface area contributed by atoms with Crippen LogP contribution >= 0.6 is 11.6 Å². The number of rotatable bonds is 5. The SMILES string of the molecule is O=C(Nc1ccc(Cl)cc1)[C@H]1CC[C@H](CNc2ccnc3cc(C(F)(F)F)ccc23)CC1. The molecule has 1 amide bonds. The second-order valence-electron chi connectivity index (χ2n) is 8.18. The number of nitrogens with one attached hydrogen (secondary N) is 2. The van der Waals surface area contributed by atoms with E-state index in [4.69, 9.17) is 11.6 Å². The highest BCUT2D eigenvalue weighted by molar-refractivity contribution is 6.30. The molecule has 1 fully saturated rings. The van der Waals surface area contributed by atoms with Gasteiger partial charge in [0.15, 0.2) is 0 Å². The molecular weight excluding hydrogens is 439 g/mol. The van der Waals surface area contributed by atoms with Crippen LogP contribution in [0.25, 0.3) is 10.9 Å². The number of aromatic nitrogens is 1. The van der Waals surface area contributed by atoms with E-state index in [9.17, 15) is 18.0 Å². The lowest BCUT2D eigenvalue weighted by molar-refractivity contribution is -0.137. The number of halogens is 4. The summed E-state index contributed by atoms with van der Waals surface area (Å²) in [6.45, 7) is 0.700. The van der Waals surface area contributed by atoms with Gasteiger partial charge >= 0.3 is 6.18 Å². The first kappa shape index (κ1) is 22.4. The van der Waals surface area contributed by atoms with E-state index in [1.807, 2.05) is 0 Å². The van der Waals surface area contributed by atoms with Crippen molar-refractivity contribution in [2.75, 3.05) is 17.2 Å². The number of carbonyl (C=O) groups excluding carboxylic acids is 1. The van der Waals surface area contributed by atoms with E-state index in [1.165, 1.54) is 12.3 Å². The number of nitrogens with zero attached hydrogens (tertiary/aromatic N) is 1. The molecule has 0 atom stereocenters. The van der Waals surface area contributed by atoms with Crippen LogP contribution in [0.3, 0.4) is 0 Å². The summed E-state index contributed by atoms with van der Waals surface area (Å²) in [5.74, 6) is 0.399. The summed E-state index contributed by atoms with van der Waals surface area (Å²) in [5.41, 5.74) is 1.12. The van der Waals surface area contributed by atoms with Crippen LogP contribution in [0.1, 0.15) is 31.2 Å². The average molecular weight is 462 g/mol. The lowest BCUT2D eigenvalue weighted by Crippen LogP contribution is -2.29. The molecule has 2 aromatic carbocycles. The van der Waals surface area contributed by atoms with E-state index in [0.717, 1.165) is 49.2 Å². The summed E-state index contributed by atoms with van der Waals surface area (Å²) in [5, 5.41) is 7.60. The average Bonchev–Trinajstić information content (AvgIpc) is 2.78. The molecular formula is C24H23ClF3N3O. The van der Waals surface area contributed by atoms with Gasteiger partial charge in [-0.3, -0.25) is 9.78 Å². The van der Waals surface area contributed by atoms with Crippen LogP contribution in [0.2, 0.25) is 5.02 Å². The number of amides is 1. The molecule has 0 bridgehead atoms. The van der Waals surface area contributed by atoms with Crippen molar-refractivity contribution < 1.29 is 18.0 Å². The van der Waals surface area contributed by atoms with Gasteiger partial charge in [-0.2, -0.15) is 13.2 Å². The van der Waals surface area contributed by atoms with Gasteiger partial charge < -0.3 is 10.6 Å². The van der Waals surface area contributed by atoms with E-state index in [1.54, 1.807) is 30.3 Å². The Labute approximate surface area is 189 Å². The van der Waals surface area contributed by atoms with Crippen molar-refractivity contribution in [1.82, 2.24) is 4.98 Å². The zero-order valence-electron chi connectivity index (χ0n) is 17.3. The van der Waals surface area contributed by atoms with Crippen LogP contribution in [-0.4, -0.2) is 17.4 Å². The number of hydrogen-bond donors (Lipinski definition) is 2. The number of benzene rings is 2.